The van der Waals surface area contributed by atoms with E-state index in [1.54, 1.807) is 16.3 Å². The molecule has 0 unspecified atom stereocenters. The zero-order valence-electron chi connectivity index (χ0n) is 16.4. The summed E-state index contributed by atoms with van der Waals surface area (Å²) in [5.41, 5.74) is 5.08. The van der Waals surface area contributed by atoms with Crippen LogP contribution < -0.4 is 9.91 Å². The average molecular weight is 467 g/mol. The molecule has 0 aliphatic carbocycles. The van der Waals surface area contributed by atoms with Gasteiger partial charge in [0.05, 0.1) is 5.69 Å². The standard InChI is InChI=1S/C23H23BrN4S/c1-3-10-28(25-2)21-6-4-5-17(12-21)13-22-15-26-23(29-22)27-11-9-18-7-8-20(24)14-19(18)16-27/h3-8,10,12,14-15H,2,9,11,13,16H2,1H3/b10-3-. The number of anilines is 2. The van der Waals surface area contributed by atoms with Crippen molar-refractivity contribution < 1.29 is 0 Å². The van der Waals surface area contributed by atoms with Crippen LogP contribution in [0.4, 0.5) is 10.8 Å². The molecule has 2 heterocycles. The fourth-order valence-electron chi connectivity index (χ4n) is 3.58. The number of benzene rings is 2. The van der Waals surface area contributed by atoms with Gasteiger partial charge in [-0.1, -0.05) is 40.2 Å². The molecule has 4 rings (SSSR count). The molecule has 0 saturated heterocycles. The van der Waals surface area contributed by atoms with E-state index in [0.29, 0.717) is 0 Å². The molecule has 0 spiro atoms. The van der Waals surface area contributed by atoms with Gasteiger partial charge in [-0.25, -0.2) is 9.99 Å². The van der Waals surface area contributed by atoms with Crippen molar-refractivity contribution in [2.45, 2.75) is 26.3 Å². The summed E-state index contributed by atoms with van der Waals surface area (Å²) in [5, 5.41) is 6.95. The van der Waals surface area contributed by atoms with Crippen molar-refractivity contribution in [1.82, 2.24) is 4.98 Å². The lowest BCUT2D eigenvalue weighted by Gasteiger charge is -2.28. The summed E-state index contributed by atoms with van der Waals surface area (Å²) in [4.78, 5) is 8.37. The second-order valence-electron chi connectivity index (χ2n) is 7.01. The first-order valence-electron chi connectivity index (χ1n) is 9.61. The molecular formula is C23H23BrN4S. The quantitative estimate of drug-likeness (QED) is 0.329. The van der Waals surface area contributed by atoms with E-state index in [1.807, 2.05) is 31.5 Å². The van der Waals surface area contributed by atoms with Crippen LogP contribution in [0.1, 0.15) is 28.5 Å². The monoisotopic (exact) mass is 466 g/mol. The Bertz CT molecular complexity index is 1040. The Balaban J connectivity index is 1.48. The van der Waals surface area contributed by atoms with Crippen LogP contribution in [-0.4, -0.2) is 18.2 Å². The first-order valence-corrected chi connectivity index (χ1v) is 11.2. The molecule has 1 aromatic heterocycles. The van der Waals surface area contributed by atoms with Gasteiger partial charge in [-0.2, -0.15) is 5.10 Å². The van der Waals surface area contributed by atoms with Crippen LogP contribution in [0.5, 0.6) is 0 Å². The molecule has 29 heavy (non-hydrogen) atoms. The van der Waals surface area contributed by atoms with Gasteiger partial charge in [-0.15, -0.1) is 11.3 Å². The van der Waals surface area contributed by atoms with Crippen molar-refractivity contribution in [3.05, 3.63) is 87.0 Å². The van der Waals surface area contributed by atoms with Crippen molar-refractivity contribution >= 4 is 44.8 Å². The zero-order valence-corrected chi connectivity index (χ0v) is 18.8. The van der Waals surface area contributed by atoms with E-state index in [4.69, 9.17) is 4.98 Å². The normalized spacial score (nSPS) is 13.5. The van der Waals surface area contributed by atoms with E-state index in [0.717, 1.165) is 41.2 Å². The van der Waals surface area contributed by atoms with E-state index in [9.17, 15) is 0 Å². The summed E-state index contributed by atoms with van der Waals surface area (Å²) in [6, 6.07) is 15.0. The Kier molecular flexibility index (Phi) is 6.11. The molecule has 0 atom stereocenters. The second kappa shape index (κ2) is 8.93. The second-order valence-corrected chi connectivity index (χ2v) is 9.02. The van der Waals surface area contributed by atoms with Crippen LogP contribution in [0.3, 0.4) is 0 Å². The molecular weight excluding hydrogens is 444 g/mol. The van der Waals surface area contributed by atoms with Crippen molar-refractivity contribution in [3.63, 3.8) is 0 Å². The predicted molar refractivity (Wildman–Crippen MR) is 127 cm³/mol. The Morgan fingerprint density at radius 3 is 3.00 bits per heavy atom. The van der Waals surface area contributed by atoms with Crippen molar-refractivity contribution in [1.29, 1.82) is 0 Å². The first-order chi connectivity index (χ1) is 14.2. The minimum Gasteiger partial charge on any atom is -0.343 e. The van der Waals surface area contributed by atoms with Gasteiger partial charge in [0.25, 0.3) is 0 Å². The molecule has 0 radical (unpaired) electrons. The third-order valence-corrected chi connectivity index (χ3v) is 6.54. The lowest BCUT2D eigenvalue weighted by Crippen LogP contribution is -2.30. The highest BCUT2D eigenvalue weighted by Gasteiger charge is 2.19. The maximum absolute atomic E-state index is 4.72. The highest BCUT2D eigenvalue weighted by Crippen LogP contribution is 2.31. The number of hydrogen-bond donors (Lipinski definition) is 0. The number of rotatable bonds is 6. The van der Waals surface area contributed by atoms with Crippen LogP contribution in [0.2, 0.25) is 0 Å². The summed E-state index contributed by atoms with van der Waals surface area (Å²) in [7, 11) is 0. The van der Waals surface area contributed by atoms with Gasteiger partial charge in [0.2, 0.25) is 0 Å². The molecule has 3 aromatic rings. The van der Waals surface area contributed by atoms with Crippen LogP contribution in [0, 0.1) is 0 Å². The van der Waals surface area contributed by atoms with Gasteiger partial charge in [0.15, 0.2) is 5.13 Å². The van der Waals surface area contributed by atoms with Gasteiger partial charge in [0, 0.05) is 48.0 Å². The lowest BCUT2D eigenvalue weighted by molar-refractivity contribution is 0.728. The number of aromatic nitrogens is 1. The summed E-state index contributed by atoms with van der Waals surface area (Å²) in [6.45, 7) is 7.56. The summed E-state index contributed by atoms with van der Waals surface area (Å²) in [6.07, 6.45) is 7.80. The molecule has 4 nitrogen and oxygen atoms in total. The molecule has 0 saturated carbocycles. The van der Waals surface area contributed by atoms with Crippen molar-refractivity contribution in [3.8, 4) is 0 Å². The highest BCUT2D eigenvalue weighted by molar-refractivity contribution is 9.10. The summed E-state index contributed by atoms with van der Waals surface area (Å²) >= 11 is 5.37. The number of allylic oxidation sites excluding steroid dienone is 1. The maximum atomic E-state index is 4.72. The molecule has 1 aliphatic heterocycles. The molecule has 6 heteroatoms. The molecule has 0 fully saturated rings. The van der Waals surface area contributed by atoms with Gasteiger partial charge in [-0.3, -0.25) is 0 Å². The minimum atomic E-state index is 0.863. The van der Waals surface area contributed by atoms with Crippen molar-refractivity contribution in [2.24, 2.45) is 5.10 Å². The van der Waals surface area contributed by atoms with E-state index in [2.05, 4.69) is 69.0 Å². The lowest BCUT2D eigenvalue weighted by atomic mass is 10.0. The van der Waals surface area contributed by atoms with E-state index in [1.165, 1.54) is 21.6 Å². The predicted octanol–water partition coefficient (Wildman–Crippen LogP) is 6.01. The third-order valence-electron chi connectivity index (χ3n) is 4.99. The first kappa shape index (κ1) is 19.9. The smallest absolute Gasteiger partial charge is 0.185 e. The topological polar surface area (TPSA) is 31.7 Å². The molecule has 148 valence electrons. The molecule has 0 bridgehead atoms. The molecule has 2 aromatic carbocycles. The Morgan fingerprint density at radius 2 is 2.17 bits per heavy atom. The van der Waals surface area contributed by atoms with Crippen molar-refractivity contribution in [2.75, 3.05) is 16.5 Å². The number of nitrogens with zero attached hydrogens (tertiary/aromatic N) is 4. The van der Waals surface area contributed by atoms with E-state index < -0.39 is 0 Å². The van der Waals surface area contributed by atoms with Crippen LogP contribution >= 0.6 is 27.3 Å². The fourth-order valence-corrected chi connectivity index (χ4v) is 4.96. The number of fused-ring (bicyclic) bond motifs is 1. The molecule has 1 aliphatic rings. The Hall–Kier alpha value is -2.44. The third kappa shape index (κ3) is 4.60. The fraction of sp³-hybridized carbons (Fsp3) is 0.217. The van der Waals surface area contributed by atoms with Crippen LogP contribution in [0.25, 0.3) is 0 Å². The Morgan fingerprint density at radius 1 is 1.28 bits per heavy atom. The summed E-state index contributed by atoms with van der Waals surface area (Å²) < 4.78 is 1.14. The summed E-state index contributed by atoms with van der Waals surface area (Å²) in [5.74, 6) is 0. The zero-order chi connectivity index (χ0) is 20.2. The van der Waals surface area contributed by atoms with Crippen LogP contribution in [0.15, 0.2) is 70.5 Å². The van der Waals surface area contributed by atoms with E-state index >= 15 is 0 Å². The minimum absolute atomic E-state index is 0.863. The van der Waals surface area contributed by atoms with Gasteiger partial charge in [-0.05, 0) is 54.3 Å². The number of halogens is 1. The maximum Gasteiger partial charge on any atom is 0.185 e. The van der Waals surface area contributed by atoms with Gasteiger partial charge >= 0.3 is 0 Å². The number of thiazole rings is 1. The Labute approximate surface area is 184 Å². The highest BCUT2D eigenvalue weighted by atomic mass is 79.9. The van der Waals surface area contributed by atoms with Crippen LogP contribution in [-0.2, 0) is 19.4 Å². The SMILES string of the molecule is C=NN(/C=C\C)c1cccc(Cc2cnc(N3CCc4ccc(Br)cc4C3)s2)c1. The van der Waals surface area contributed by atoms with E-state index in [-0.39, 0.29) is 0 Å². The molecule has 0 amide bonds. The number of hydrogen-bond acceptors (Lipinski definition) is 5. The van der Waals surface area contributed by atoms with Gasteiger partial charge in [0.1, 0.15) is 0 Å². The largest absolute Gasteiger partial charge is 0.343 e. The van der Waals surface area contributed by atoms with Gasteiger partial charge < -0.3 is 4.90 Å². The molecule has 0 N–H and O–H groups in total. The average Bonchev–Trinajstić information content (AvgIpc) is 3.20. The number of hydrazone groups is 1.